The number of carbonyl (C=O) groups excluding carboxylic acids is 1. The molecule has 2 aromatic carbocycles. The Morgan fingerprint density at radius 2 is 1.56 bits per heavy atom. The molecule has 0 radical (unpaired) electrons. The second-order valence-corrected chi connectivity index (χ2v) is 5.17. The Morgan fingerprint density at radius 3 is 2.16 bits per heavy atom. The third-order valence-electron chi connectivity index (χ3n) is 3.57. The summed E-state index contributed by atoms with van der Waals surface area (Å²) in [6.45, 7) is 0.350. The fraction of sp³-hybridized carbons (Fsp3) is 0.167. The molecule has 0 saturated carbocycles. The van der Waals surface area contributed by atoms with Crippen molar-refractivity contribution < 1.29 is 18.7 Å². The van der Waals surface area contributed by atoms with Crippen LogP contribution in [0.25, 0.3) is 11.5 Å². The zero-order valence-electron chi connectivity index (χ0n) is 13.9. The van der Waals surface area contributed by atoms with Crippen LogP contribution in [-0.4, -0.2) is 30.3 Å². The smallest absolute Gasteiger partial charge is 0.309 e. The fourth-order valence-electron chi connectivity index (χ4n) is 2.17. The van der Waals surface area contributed by atoms with Crippen LogP contribution in [-0.2, 0) is 6.54 Å². The molecular formula is C18H17N3O4. The van der Waals surface area contributed by atoms with E-state index in [9.17, 15) is 4.79 Å². The number of amides is 1. The van der Waals surface area contributed by atoms with Gasteiger partial charge in [0.25, 0.3) is 0 Å². The van der Waals surface area contributed by atoms with E-state index in [1.54, 1.807) is 38.5 Å². The van der Waals surface area contributed by atoms with Gasteiger partial charge < -0.3 is 19.2 Å². The summed E-state index contributed by atoms with van der Waals surface area (Å²) >= 11 is 0. The lowest BCUT2D eigenvalue weighted by Gasteiger charge is -2.04. The highest BCUT2D eigenvalue weighted by atomic mass is 16.5. The van der Waals surface area contributed by atoms with E-state index in [-0.39, 0.29) is 11.8 Å². The van der Waals surface area contributed by atoms with E-state index >= 15 is 0 Å². The Morgan fingerprint density at radius 1 is 0.960 bits per heavy atom. The Hall–Kier alpha value is -3.35. The molecule has 0 aliphatic carbocycles. The molecule has 1 N–H and O–H groups in total. The first-order valence-electron chi connectivity index (χ1n) is 7.58. The molecule has 0 aliphatic heterocycles. The zero-order valence-corrected chi connectivity index (χ0v) is 13.9. The average molecular weight is 339 g/mol. The Kier molecular flexibility index (Phi) is 4.94. The molecule has 1 heterocycles. The minimum absolute atomic E-state index is 0.0840. The number of rotatable bonds is 6. The molecule has 7 nitrogen and oxygen atoms in total. The quantitative estimate of drug-likeness (QED) is 0.743. The largest absolute Gasteiger partial charge is 0.497 e. The van der Waals surface area contributed by atoms with Crippen molar-refractivity contribution in [2.45, 2.75) is 6.54 Å². The van der Waals surface area contributed by atoms with Gasteiger partial charge in [0.2, 0.25) is 5.89 Å². The van der Waals surface area contributed by atoms with Gasteiger partial charge in [-0.15, -0.1) is 10.2 Å². The van der Waals surface area contributed by atoms with Crippen molar-refractivity contribution in [1.29, 1.82) is 0 Å². The van der Waals surface area contributed by atoms with Crippen LogP contribution in [0.1, 0.15) is 16.2 Å². The van der Waals surface area contributed by atoms with Crippen LogP contribution in [0.5, 0.6) is 11.5 Å². The van der Waals surface area contributed by atoms with E-state index in [0.717, 1.165) is 17.1 Å². The van der Waals surface area contributed by atoms with Gasteiger partial charge in [-0.05, 0) is 42.0 Å². The molecule has 7 heteroatoms. The first-order chi connectivity index (χ1) is 12.2. The van der Waals surface area contributed by atoms with Crippen LogP contribution >= 0.6 is 0 Å². The third-order valence-corrected chi connectivity index (χ3v) is 3.57. The van der Waals surface area contributed by atoms with Gasteiger partial charge in [0, 0.05) is 12.1 Å². The topological polar surface area (TPSA) is 86.5 Å². The lowest BCUT2D eigenvalue weighted by molar-refractivity contribution is 0.0917. The van der Waals surface area contributed by atoms with E-state index in [1.165, 1.54) is 0 Å². The molecule has 3 rings (SSSR count). The number of nitrogens with one attached hydrogen (secondary N) is 1. The van der Waals surface area contributed by atoms with Crippen molar-refractivity contribution in [2.75, 3.05) is 14.2 Å². The summed E-state index contributed by atoms with van der Waals surface area (Å²) in [6.07, 6.45) is 0. The molecule has 0 atom stereocenters. The number of ether oxygens (including phenoxy) is 2. The molecule has 128 valence electrons. The molecule has 1 aromatic heterocycles. The molecule has 3 aromatic rings. The average Bonchev–Trinajstić information content (AvgIpc) is 3.17. The Labute approximate surface area is 144 Å². The predicted octanol–water partition coefficient (Wildman–Crippen LogP) is 2.68. The summed E-state index contributed by atoms with van der Waals surface area (Å²) in [5.74, 6) is 1.25. The van der Waals surface area contributed by atoms with Gasteiger partial charge in [-0.25, -0.2) is 0 Å². The third kappa shape index (κ3) is 3.95. The van der Waals surface area contributed by atoms with E-state index in [0.29, 0.717) is 12.1 Å². The predicted molar refractivity (Wildman–Crippen MR) is 90.5 cm³/mol. The lowest BCUT2D eigenvalue weighted by Crippen LogP contribution is -2.23. The summed E-state index contributed by atoms with van der Waals surface area (Å²) in [6, 6.07) is 14.5. The number of hydrogen-bond donors (Lipinski definition) is 1. The van der Waals surface area contributed by atoms with Crippen molar-refractivity contribution in [1.82, 2.24) is 15.5 Å². The maximum atomic E-state index is 12.1. The van der Waals surface area contributed by atoms with Crippen molar-refractivity contribution in [3.05, 3.63) is 60.0 Å². The maximum absolute atomic E-state index is 12.1. The number of aromatic nitrogens is 2. The zero-order chi connectivity index (χ0) is 17.6. The van der Waals surface area contributed by atoms with Gasteiger partial charge >= 0.3 is 11.8 Å². The van der Waals surface area contributed by atoms with Crippen LogP contribution in [0.3, 0.4) is 0 Å². The van der Waals surface area contributed by atoms with Crippen LogP contribution < -0.4 is 14.8 Å². The molecular weight excluding hydrogens is 322 g/mol. The summed E-state index contributed by atoms with van der Waals surface area (Å²) < 4.78 is 15.6. The highest BCUT2D eigenvalue weighted by molar-refractivity contribution is 5.89. The van der Waals surface area contributed by atoms with Gasteiger partial charge in [-0.3, -0.25) is 4.79 Å². The first-order valence-corrected chi connectivity index (χ1v) is 7.58. The minimum atomic E-state index is -0.428. The van der Waals surface area contributed by atoms with Crippen LogP contribution in [0.15, 0.2) is 52.9 Å². The molecule has 0 aliphatic rings. The molecule has 0 bridgehead atoms. The van der Waals surface area contributed by atoms with Crippen LogP contribution in [0.4, 0.5) is 0 Å². The molecule has 0 fully saturated rings. The van der Waals surface area contributed by atoms with E-state index in [2.05, 4.69) is 15.5 Å². The van der Waals surface area contributed by atoms with Gasteiger partial charge in [-0.1, -0.05) is 12.1 Å². The second-order valence-electron chi connectivity index (χ2n) is 5.17. The summed E-state index contributed by atoms with van der Waals surface area (Å²) in [7, 11) is 3.19. The Bertz CT molecular complexity index is 842. The highest BCUT2D eigenvalue weighted by Gasteiger charge is 2.15. The van der Waals surface area contributed by atoms with Crippen molar-refractivity contribution >= 4 is 5.91 Å². The molecule has 0 saturated heterocycles. The number of hydrogen-bond acceptors (Lipinski definition) is 6. The summed E-state index contributed by atoms with van der Waals surface area (Å²) in [5.41, 5.74) is 1.64. The Balaban J connectivity index is 1.63. The van der Waals surface area contributed by atoms with Gasteiger partial charge in [0.05, 0.1) is 14.2 Å². The second kappa shape index (κ2) is 7.48. The van der Waals surface area contributed by atoms with Gasteiger partial charge in [-0.2, -0.15) is 0 Å². The van der Waals surface area contributed by atoms with Crippen molar-refractivity contribution in [3.63, 3.8) is 0 Å². The standard InChI is InChI=1S/C18H17N3O4/c1-23-14-7-3-12(4-8-14)11-19-16(22)18-21-20-17(25-18)13-5-9-15(24-2)10-6-13/h3-10H,11H2,1-2H3,(H,19,22). The molecule has 25 heavy (non-hydrogen) atoms. The number of carbonyl (C=O) groups is 1. The number of nitrogens with zero attached hydrogens (tertiary/aromatic N) is 2. The van der Waals surface area contributed by atoms with Crippen molar-refractivity contribution in [2.24, 2.45) is 0 Å². The van der Waals surface area contributed by atoms with Crippen LogP contribution in [0.2, 0.25) is 0 Å². The number of benzene rings is 2. The van der Waals surface area contributed by atoms with E-state index in [4.69, 9.17) is 13.9 Å². The van der Waals surface area contributed by atoms with E-state index in [1.807, 2.05) is 24.3 Å². The lowest BCUT2D eigenvalue weighted by atomic mass is 10.2. The highest BCUT2D eigenvalue weighted by Crippen LogP contribution is 2.21. The molecule has 0 unspecified atom stereocenters. The van der Waals surface area contributed by atoms with E-state index < -0.39 is 5.91 Å². The minimum Gasteiger partial charge on any atom is -0.497 e. The number of methoxy groups -OCH3 is 2. The molecule has 0 spiro atoms. The monoisotopic (exact) mass is 339 g/mol. The van der Waals surface area contributed by atoms with Gasteiger partial charge in [0.1, 0.15) is 11.5 Å². The molecule has 1 amide bonds. The van der Waals surface area contributed by atoms with Gasteiger partial charge in [0.15, 0.2) is 0 Å². The normalized spacial score (nSPS) is 10.3. The summed E-state index contributed by atoms with van der Waals surface area (Å²) in [5, 5.41) is 10.4. The summed E-state index contributed by atoms with van der Waals surface area (Å²) in [4.78, 5) is 12.1. The fourth-order valence-corrected chi connectivity index (χ4v) is 2.17. The first kappa shape index (κ1) is 16.5. The SMILES string of the molecule is COc1ccc(CNC(=O)c2nnc(-c3ccc(OC)cc3)o2)cc1. The van der Waals surface area contributed by atoms with Crippen molar-refractivity contribution in [3.8, 4) is 23.0 Å². The van der Waals surface area contributed by atoms with Crippen LogP contribution in [0, 0.1) is 0 Å². The maximum Gasteiger partial charge on any atom is 0.309 e.